The first-order chi connectivity index (χ1) is 26.0. The van der Waals surface area contributed by atoms with E-state index in [1.54, 1.807) is 30.3 Å². The Morgan fingerprint density at radius 3 is 1.70 bits per heavy atom. The number of halogens is 3. The van der Waals surface area contributed by atoms with Gasteiger partial charge in [-0.05, 0) is 81.7 Å². The van der Waals surface area contributed by atoms with Gasteiger partial charge in [0.1, 0.15) is 0 Å². The SMILES string of the molecule is O=C(CCCCCO)OCCCOC(=O)CCCCCO.O=C(Nc1ccccc1)Nc1cccc(C(F)(F)F)c1.O=C1CCCCCO1.OCCCO. The highest BCUT2D eigenvalue weighted by molar-refractivity contribution is 5.99. The molecule has 0 bridgehead atoms. The number of anilines is 2. The molecule has 2 aromatic rings. The lowest BCUT2D eigenvalue weighted by atomic mass is 10.2. The number of urea groups is 1. The van der Waals surface area contributed by atoms with Gasteiger partial charge in [0.05, 0.1) is 25.4 Å². The first-order valence-corrected chi connectivity index (χ1v) is 18.2. The molecule has 16 heteroatoms. The Morgan fingerprint density at radius 2 is 1.19 bits per heavy atom. The van der Waals surface area contributed by atoms with Gasteiger partial charge in [-0.2, -0.15) is 13.2 Å². The van der Waals surface area contributed by atoms with Gasteiger partial charge in [-0.15, -0.1) is 0 Å². The van der Waals surface area contributed by atoms with E-state index in [2.05, 4.69) is 10.6 Å². The number of aliphatic hydroxyl groups is 4. The third-order valence-electron chi connectivity index (χ3n) is 6.98. The van der Waals surface area contributed by atoms with Gasteiger partial charge >= 0.3 is 30.1 Å². The van der Waals surface area contributed by atoms with Crippen LogP contribution in [0.25, 0.3) is 0 Å². The summed E-state index contributed by atoms with van der Waals surface area (Å²) in [7, 11) is 0. The third kappa shape index (κ3) is 30.2. The van der Waals surface area contributed by atoms with E-state index >= 15 is 0 Å². The van der Waals surface area contributed by atoms with Crippen molar-refractivity contribution in [2.24, 2.45) is 0 Å². The van der Waals surface area contributed by atoms with Gasteiger partial charge in [0, 0.05) is 63.5 Å². The molecule has 6 N–H and O–H groups in total. The fourth-order valence-electron chi connectivity index (χ4n) is 4.16. The van der Waals surface area contributed by atoms with E-state index in [4.69, 9.17) is 34.6 Å². The van der Waals surface area contributed by atoms with Crippen LogP contribution in [0.4, 0.5) is 29.3 Å². The van der Waals surface area contributed by atoms with Crippen molar-refractivity contribution in [1.29, 1.82) is 0 Å². The van der Waals surface area contributed by atoms with E-state index in [0.717, 1.165) is 57.1 Å². The highest BCUT2D eigenvalue weighted by Gasteiger charge is 2.30. The topological polar surface area (TPSA) is 201 Å². The van der Waals surface area contributed by atoms with Crippen LogP contribution < -0.4 is 10.6 Å². The fraction of sp³-hybridized carbons (Fsp3) is 0.579. The molecule has 3 rings (SSSR count). The summed E-state index contributed by atoms with van der Waals surface area (Å²) in [6.45, 7) is 1.65. The highest BCUT2D eigenvalue weighted by atomic mass is 19.4. The van der Waals surface area contributed by atoms with Crippen molar-refractivity contribution >= 4 is 35.3 Å². The first-order valence-electron chi connectivity index (χ1n) is 18.2. The molecule has 2 aromatic carbocycles. The van der Waals surface area contributed by atoms with Gasteiger partial charge in [0.2, 0.25) is 0 Å². The second-order valence-electron chi connectivity index (χ2n) is 11.7. The molecule has 1 saturated heterocycles. The van der Waals surface area contributed by atoms with Crippen LogP contribution in [0.15, 0.2) is 54.6 Å². The van der Waals surface area contributed by atoms with Crippen molar-refractivity contribution in [3.8, 4) is 0 Å². The average molecular weight is 775 g/mol. The van der Waals surface area contributed by atoms with E-state index in [1.807, 2.05) is 0 Å². The van der Waals surface area contributed by atoms with Crippen molar-refractivity contribution < 1.29 is 67.0 Å². The number of hydrogen-bond acceptors (Lipinski definition) is 11. The molecule has 0 unspecified atom stereocenters. The number of rotatable bonds is 18. The van der Waals surface area contributed by atoms with Crippen molar-refractivity contribution in [1.82, 2.24) is 0 Å². The second kappa shape index (κ2) is 33.3. The number of aliphatic hydroxyl groups excluding tert-OH is 4. The van der Waals surface area contributed by atoms with Gasteiger partial charge in [-0.3, -0.25) is 14.4 Å². The molecule has 1 aliphatic heterocycles. The molecule has 54 heavy (non-hydrogen) atoms. The summed E-state index contributed by atoms with van der Waals surface area (Å²) in [4.78, 5) is 44.7. The Balaban J connectivity index is 0.000000784. The van der Waals surface area contributed by atoms with Crippen LogP contribution in [-0.2, 0) is 34.8 Å². The van der Waals surface area contributed by atoms with Crippen LogP contribution in [-0.4, -0.2) is 90.6 Å². The summed E-state index contributed by atoms with van der Waals surface area (Å²) in [6.07, 6.45) is 5.64. The van der Waals surface area contributed by atoms with E-state index < -0.39 is 17.8 Å². The van der Waals surface area contributed by atoms with Gasteiger partial charge < -0.3 is 45.3 Å². The number of carbonyl (C=O) groups excluding carboxylic acids is 4. The summed E-state index contributed by atoms with van der Waals surface area (Å²) >= 11 is 0. The minimum Gasteiger partial charge on any atom is -0.466 e. The van der Waals surface area contributed by atoms with Gasteiger partial charge in [-0.1, -0.05) is 37.1 Å². The molecule has 2 amide bonds. The summed E-state index contributed by atoms with van der Waals surface area (Å²) in [6, 6.07) is 12.5. The smallest absolute Gasteiger partial charge is 0.416 e. The zero-order valence-electron chi connectivity index (χ0n) is 30.8. The van der Waals surface area contributed by atoms with Crippen LogP contribution in [0, 0.1) is 0 Å². The van der Waals surface area contributed by atoms with Crippen LogP contribution in [0.3, 0.4) is 0 Å². The van der Waals surface area contributed by atoms with E-state index in [1.165, 1.54) is 12.1 Å². The molecule has 0 saturated carbocycles. The lowest BCUT2D eigenvalue weighted by molar-refractivity contribution is -0.146. The predicted molar refractivity (Wildman–Crippen MR) is 196 cm³/mol. The summed E-state index contributed by atoms with van der Waals surface area (Å²) < 4.78 is 52.3. The Morgan fingerprint density at radius 1 is 0.648 bits per heavy atom. The van der Waals surface area contributed by atoms with Crippen molar-refractivity contribution in [2.45, 2.75) is 96.1 Å². The molecule has 1 aliphatic rings. The number of cyclic esters (lactones) is 1. The normalized spacial score (nSPS) is 12.1. The molecular weight excluding hydrogens is 717 g/mol. The lowest BCUT2D eigenvalue weighted by Crippen LogP contribution is -2.19. The number of hydrogen-bond donors (Lipinski definition) is 6. The molecule has 0 aromatic heterocycles. The maximum atomic E-state index is 12.5. The third-order valence-corrected chi connectivity index (χ3v) is 6.98. The maximum Gasteiger partial charge on any atom is 0.416 e. The number of alkyl halides is 3. The molecule has 13 nitrogen and oxygen atoms in total. The number of amides is 2. The van der Waals surface area contributed by atoms with Gasteiger partial charge in [0.15, 0.2) is 0 Å². The lowest BCUT2D eigenvalue weighted by Gasteiger charge is -2.10. The Labute approximate surface area is 315 Å². The molecule has 1 fully saturated rings. The molecule has 0 atom stereocenters. The minimum absolute atomic E-state index is 0.0255. The summed E-state index contributed by atoms with van der Waals surface area (Å²) in [5, 5.41) is 37.9. The minimum atomic E-state index is -4.44. The van der Waals surface area contributed by atoms with E-state index in [-0.39, 0.29) is 63.2 Å². The number of carbonyl (C=O) groups is 4. The quantitative estimate of drug-likeness (QED) is 0.0558. The monoisotopic (exact) mass is 774 g/mol. The predicted octanol–water partition coefficient (Wildman–Crippen LogP) is 6.38. The van der Waals surface area contributed by atoms with Crippen LogP contribution in [0.1, 0.15) is 95.5 Å². The number of benzene rings is 2. The molecule has 1 heterocycles. The van der Waals surface area contributed by atoms with Crippen molar-refractivity contribution in [2.75, 3.05) is 56.9 Å². The summed E-state index contributed by atoms with van der Waals surface area (Å²) in [5.41, 5.74) is -0.180. The van der Waals surface area contributed by atoms with E-state index in [0.29, 0.717) is 57.2 Å². The molecule has 306 valence electrons. The van der Waals surface area contributed by atoms with Gasteiger partial charge in [0.25, 0.3) is 0 Å². The van der Waals surface area contributed by atoms with Crippen LogP contribution in [0.5, 0.6) is 0 Å². The molecule has 0 spiro atoms. The Kier molecular flexibility index (Phi) is 30.7. The second-order valence-corrected chi connectivity index (χ2v) is 11.7. The zero-order chi connectivity index (χ0) is 40.3. The molecular formula is C38H57F3N2O11. The van der Waals surface area contributed by atoms with E-state index in [9.17, 15) is 32.3 Å². The van der Waals surface area contributed by atoms with Crippen molar-refractivity contribution in [3.05, 3.63) is 60.2 Å². The molecule has 0 aliphatic carbocycles. The molecule has 0 radical (unpaired) electrons. The first kappa shape index (κ1) is 49.8. The van der Waals surface area contributed by atoms with Crippen molar-refractivity contribution in [3.63, 3.8) is 0 Å². The number of unbranched alkanes of at least 4 members (excludes halogenated alkanes) is 4. The maximum absolute atomic E-state index is 12.5. The van der Waals surface area contributed by atoms with Crippen LogP contribution >= 0.6 is 0 Å². The summed E-state index contributed by atoms with van der Waals surface area (Å²) in [5.74, 6) is -0.519. The zero-order valence-corrected chi connectivity index (χ0v) is 30.8. The van der Waals surface area contributed by atoms with Crippen LogP contribution in [0.2, 0.25) is 0 Å². The number of nitrogens with one attached hydrogen (secondary N) is 2. The number of esters is 3. The largest absolute Gasteiger partial charge is 0.466 e. The Hall–Kier alpha value is -4.25. The number of ether oxygens (including phenoxy) is 3. The van der Waals surface area contributed by atoms with Gasteiger partial charge in [-0.25, -0.2) is 4.79 Å². The fourth-order valence-corrected chi connectivity index (χ4v) is 4.16. The average Bonchev–Trinajstić information content (AvgIpc) is 3.40. The highest BCUT2D eigenvalue weighted by Crippen LogP contribution is 2.30. The number of para-hydroxylation sites is 1. The Bertz CT molecular complexity index is 1230. The standard InChI is InChI=1S/C15H28O6.C14H11F3N2O.C6H10O2.C3H8O2/c16-10-5-1-3-8-14(18)20-12-7-13-21-15(19)9-4-2-6-11-17;15-14(16,17)10-5-4-8-12(9-10)19-13(20)18-11-6-2-1-3-7-11;7-6-4-2-1-3-5-8-6;4-2-1-3-5/h16-17H,1-13H2;1-9H,(H2,18,19,20);1-5H2;4-5H,1-3H2.